The topological polar surface area (TPSA) is 41.1 Å². The molecular weight excluding hydrogens is 248 g/mol. The Bertz CT molecular complexity index is 399. The van der Waals surface area contributed by atoms with Crippen molar-refractivity contribution in [3.63, 3.8) is 0 Å². The van der Waals surface area contributed by atoms with Crippen LogP contribution < -0.4 is 10.6 Å². The molecule has 0 spiro atoms. The number of carbonyl (C=O) groups excluding carboxylic acids is 1. The van der Waals surface area contributed by atoms with E-state index in [1.807, 2.05) is 31.2 Å². The zero-order valence-electron chi connectivity index (χ0n) is 10.6. The summed E-state index contributed by atoms with van der Waals surface area (Å²) in [7, 11) is 0. The van der Waals surface area contributed by atoms with Crippen LogP contribution in [0.1, 0.15) is 32.6 Å². The van der Waals surface area contributed by atoms with Gasteiger partial charge in [0.05, 0.1) is 0 Å². The second kappa shape index (κ2) is 6.10. The molecule has 0 saturated heterocycles. The Hall–Kier alpha value is -1.22. The molecule has 1 aliphatic rings. The molecule has 1 aliphatic carbocycles. The zero-order valence-corrected chi connectivity index (χ0v) is 11.3. The van der Waals surface area contributed by atoms with Crippen LogP contribution in [0.15, 0.2) is 24.3 Å². The molecule has 2 N–H and O–H groups in total. The van der Waals surface area contributed by atoms with E-state index in [1.54, 1.807) is 0 Å². The van der Waals surface area contributed by atoms with Crippen LogP contribution in [0.2, 0.25) is 5.02 Å². The number of anilines is 1. The van der Waals surface area contributed by atoms with Gasteiger partial charge in [0, 0.05) is 16.8 Å². The summed E-state index contributed by atoms with van der Waals surface area (Å²) in [5.74, 6) is 0.0665. The second-order valence-corrected chi connectivity index (χ2v) is 5.30. The third kappa shape index (κ3) is 3.64. The van der Waals surface area contributed by atoms with Gasteiger partial charge in [-0.1, -0.05) is 24.4 Å². The first-order valence-electron chi connectivity index (χ1n) is 6.47. The van der Waals surface area contributed by atoms with Crippen molar-refractivity contribution in [3.05, 3.63) is 29.3 Å². The molecule has 1 atom stereocenters. The molecule has 0 unspecified atom stereocenters. The van der Waals surface area contributed by atoms with E-state index in [1.165, 1.54) is 12.8 Å². The highest BCUT2D eigenvalue weighted by atomic mass is 35.5. The first-order valence-corrected chi connectivity index (χ1v) is 6.85. The van der Waals surface area contributed by atoms with Crippen molar-refractivity contribution in [1.82, 2.24) is 5.32 Å². The van der Waals surface area contributed by atoms with E-state index in [9.17, 15) is 4.79 Å². The summed E-state index contributed by atoms with van der Waals surface area (Å²) in [6.07, 6.45) is 4.67. The van der Waals surface area contributed by atoms with Gasteiger partial charge < -0.3 is 10.6 Å². The third-order valence-corrected chi connectivity index (χ3v) is 3.57. The molecule has 1 saturated carbocycles. The molecule has 1 aromatic carbocycles. The molecule has 3 nitrogen and oxygen atoms in total. The lowest BCUT2D eigenvalue weighted by molar-refractivity contribution is -0.122. The first kappa shape index (κ1) is 13.2. The van der Waals surface area contributed by atoms with E-state index in [0.29, 0.717) is 11.1 Å². The molecule has 0 aromatic heterocycles. The number of amides is 1. The fraction of sp³-hybridized carbons (Fsp3) is 0.500. The number of carbonyl (C=O) groups is 1. The molecular formula is C14H19ClN2O. The van der Waals surface area contributed by atoms with E-state index < -0.39 is 0 Å². The molecule has 2 rings (SSSR count). The minimum absolute atomic E-state index is 0.0665. The first-order chi connectivity index (χ1) is 8.65. The van der Waals surface area contributed by atoms with Gasteiger partial charge in [0.1, 0.15) is 6.04 Å². The number of hydrogen-bond donors (Lipinski definition) is 2. The van der Waals surface area contributed by atoms with Gasteiger partial charge in [-0.15, -0.1) is 0 Å². The van der Waals surface area contributed by atoms with Crippen LogP contribution >= 0.6 is 11.6 Å². The summed E-state index contributed by atoms with van der Waals surface area (Å²) < 4.78 is 0. The van der Waals surface area contributed by atoms with Crippen molar-refractivity contribution >= 4 is 23.2 Å². The van der Waals surface area contributed by atoms with Gasteiger partial charge in [-0.25, -0.2) is 0 Å². The number of rotatable bonds is 4. The molecule has 4 heteroatoms. The quantitative estimate of drug-likeness (QED) is 0.879. The Morgan fingerprint density at radius 1 is 1.28 bits per heavy atom. The van der Waals surface area contributed by atoms with E-state index >= 15 is 0 Å². The molecule has 1 aromatic rings. The minimum Gasteiger partial charge on any atom is -0.374 e. The maximum atomic E-state index is 12.0. The van der Waals surface area contributed by atoms with Crippen molar-refractivity contribution in [3.8, 4) is 0 Å². The van der Waals surface area contributed by atoms with Gasteiger partial charge in [0.25, 0.3) is 0 Å². The van der Waals surface area contributed by atoms with Crippen molar-refractivity contribution < 1.29 is 4.79 Å². The third-order valence-electron chi connectivity index (χ3n) is 3.32. The lowest BCUT2D eigenvalue weighted by atomic mass is 10.2. The standard InChI is InChI=1S/C14H19ClN2O/c1-10(14(18)17-12-4-2-3-5-12)16-13-8-6-11(15)7-9-13/h6-10,12,16H,2-5H2,1H3,(H,17,18)/t10-/m1/s1. The molecule has 0 radical (unpaired) electrons. The number of benzene rings is 1. The molecule has 18 heavy (non-hydrogen) atoms. The van der Waals surface area contributed by atoms with Gasteiger partial charge in [-0.3, -0.25) is 4.79 Å². The van der Waals surface area contributed by atoms with Crippen LogP contribution in [0.5, 0.6) is 0 Å². The monoisotopic (exact) mass is 266 g/mol. The Kier molecular flexibility index (Phi) is 4.48. The largest absolute Gasteiger partial charge is 0.374 e. The highest BCUT2D eigenvalue weighted by Crippen LogP contribution is 2.18. The Morgan fingerprint density at radius 2 is 1.89 bits per heavy atom. The summed E-state index contributed by atoms with van der Waals surface area (Å²) >= 11 is 5.82. The predicted octanol–water partition coefficient (Wildman–Crippen LogP) is 3.20. The van der Waals surface area contributed by atoms with Gasteiger partial charge >= 0.3 is 0 Å². The van der Waals surface area contributed by atoms with E-state index in [2.05, 4.69) is 10.6 Å². The average molecular weight is 267 g/mol. The molecule has 0 heterocycles. The Balaban J connectivity index is 1.84. The number of hydrogen-bond acceptors (Lipinski definition) is 2. The number of nitrogens with one attached hydrogen (secondary N) is 2. The minimum atomic E-state index is -0.230. The molecule has 98 valence electrons. The van der Waals surface area contributed by atoms with Crippen molar-refractivity contribution in [1.29, 1.82) is 0 Å². The van der Waals surface area contributed by atoms with Crippen LogP contribution in [0.25, 0.3) is 0 Å². The summed E-state index contributed by atoms with van der Waals surface area (Å²) in [5.41, 5.74) is 0.911. The van der Waals surface area contributed by atoms with Crippen molar-refractivity contribution in [2.45, 2.75) is 44.7 Å². The highest BCUT2D eigenvalue weighted by Gasteiger charge is 2.20. The lowest BCUT2D eigenvalue weighted by Gasteiger charge is -2.18. The number of halogens is 1. The van der Waals surface area contributed by atoms with E-state index in [4.69, 9.17) is 11.6 Å². The summed E-state index contributed by atoms with van der Waals surface area (Å²) in [4.78, 5) is 12.0. The smallest absolute Gasteiger partial charge is 0.242 e. The molecule has 0 bridgehead atoms. The van der Waals surface area contributed by atoms with Crippen LogP contribution in [0, 0.1) is 0 Å². The molecule has 0 aliphatic heterocycles. The van der Waals surface area contributed by atoms with Crippen molar-refractivity contribution in [2.24, 2.45) is 0 Å². The lowest BCUT2D eigenvalue weighted by Crippen LogP contribution is -2.42. The fourth-order valence-electron chi connectivity index (χ4n) is 2.26. The highest BCUT2D eigenvalue weighted by molar-refractivity contribution is 6.30. The van der Waals surface area contributed by atoms with Crippen LogP contribution in [-0.4, -0.2) is 18.0 Å². The molecule has 1 fully saturated rings. The van der Waals surface area contributed by atoms with Gasteiger partial charge in [0.15, 0.2) is 0 Å². The van der Waals surface area contributed by atoms with Crippen LogP contribution in [0.4, 0.5) is 5.69 Å². The summed E-state index contributed by atoms with van der Waals surface area (Å²) in [5, 5.41) is 6.95. The van der Waals surface area contributed by atoms with E-state index in [0.717, 1.165) is 18.5 Å². The maximum Gasteiger partial charge on any atom is 0.242 e. The second-order valence-electron chi connectivity index (χ2n) is 4.86. The van der Waals surface area contributed by atoms with Crippen molar-refractivity contribution in [2.75, 3.05) is 5.32 Å². The van der Waals surface area contributed by atoms with Gasteiger partial charge in [-0.05, 0) is 44.0 Å². The summed E-state index contributed by atoms with van der Waals surface area (Å²) in [6.45, 7) is 1.87. The summed E-state index contributed by atoms with van der Waals surface area (Å²) in [6, 6.07) is 7.51. The van der Waals surface area contributed by atoms with E-state index in [-0.39, 0.29) is 11.9 Å². The Labute approximate surface area is 113 Å². The maximum absolute atomic E-state index is 12.0. The van der Waals surface area contributed by atoms with Crippen LogP contribution in [-0.2, 0) is 4.79 Å². The predicted molar refractivity (Wildman–Crippen MR) is 74.9 cm³/mol. The van der Waals surface area contributed by atoms with Gasteiger partial charge in [-0.2, -0.15) is 0 Å². The zero-order chi connectivity index (χ0) is 13.0. The van der Waals surface area contributed by atoms with Crippen LogP contribution in [0.3, 0.4) is 0 Å². The fourth-order valence-corrected chi connectivity index (χ4v) is 2.38. The average Bonchev–Trinajstić information content (AvgIpc) is 2.85. The van der Waals surface area contributed by atoms with Gasteiger partial charge in [0.2, 0.25) is 5.91 Å². The SMILES string of the molecule is C[C@@H](Nc1ccc(Cl)cc1)C(=O)NC1CCCC1. The normalized spacial score (nSPS) is 17.4. The molecule has 1 amide bonds. The Morgan fingerprint density at radius 3 is 2.50 bits per heavy atom.